The van der Waals surface area contributed by atoms with E-state index < -0.39 is 0 Å². The van der Waals surface area contributed by atoms with Gasteiger partial charge in [-0.15, -0.1) is 0 Å². The molecule has 1 aliphatic heterocycles. The summed E-state index contributed by atoms with van der Waals surface area (Å²) in [5.41, 5.74) is 0. The lowest BCUT2D eigenvalue weighted by Gasteiger charge is -2.35. The normalized spacial score (nSPS) is 24.6. The average molecular weight is 228 g/mol. The van der Waals surface area contributed by atoms with Crippen LogP contribution in [0, 0.1) is 0 Å². The standard InChI is InChI=1S/C13H28N2O/c1-4-13-11-16-10-9-15(13)8-6-7-12(3)14-5-2/h12-14H,4-11H2,1-3H3. The van der Waals surface area contributed by atoms with Crippen LogP contribution in [0.1, 0.15) is 40.0 Å². The Balaban J connectivity index is 2.15. The predicted octanol–water partition coefficient (Wildman–Crippen LogP) is 1.88. The molecule has 1 N–H and O–H groups in total. The molecule has 0 radical (unpaired) electrons. The van der Waals surface area contributed by atoms with Crippen LogP contribution in [-0.2, 0) is 4.74 Å². The van der Waals surface area contributed by atoms with Crippen molar-refractivity contribution in [1.82, 2.24) is 10.2 Å². The lowest BCUT2D eigenvalue weighted by atomic mass is 10.1. The van der Waals surface area contributed by atoms with Crippen LogP contribution < -0.4 is 5.32 Å². The molecule has 0 saturated carbocycles. The minimum absolute atomic E-state index is 0.656. The molecule has 1 aliphatic rings. The Labute approximate surface area is 101 Å². The van der Waals surface area contributed by atoms with Gasteiger partial charge in [0.25, 0.3) is 0 Å². The van der Waals surface area contributed by atoms with Crippen molar-refractivity contribution in [3.8, 4) is 0 Å². The zero-order chi connectivity index (χ0) is 11.8. The molecule has 0 aromatic heterocycles. The third-order valence-electron chi connectivity index (χ3n) is 3.46. The maximum atomic E-state index is 5.52. The smallest absolute Gasteiger partial charge is 0.0622 e. The topological polar surface area (TPSA) is 24.5 Å². The fraction of sp³-hybridized carbons (Fsp3) is 1.00. The summed E-state index contributed by atoms with van der Waals surface area (Å²) in [6, 6.07) is 1.31. The predicted molar refractivity (Wildman–Crippen MR) is 68.8 cm³/mol. The van der Waals surface area contributed by atoms with Crippen LogP contribution >= 0.6 is 0 Å². The highest BCUT2D eigenvalue weighted by Gasteiger charge is 2.20. The minimum Gasteiger partial charge on any atom is -0.378 e. The van der Waals surface area contributed by atoms with Gasteiger partial charge in [-0.2, -0.15) is 0 Å². The molecular formula is C13H28N2O. The monoisotopic (exact) mass is 228 g/mol. The van der Waals surface area contributed by atoms with Crippen LogP contribution in [0.25, 0.3) is 0 Å². The van der Waals surface area contributed by atoms with E-state index in [0.717, 1.165) is 26.3 Å². The number of rotatable bonds is 7. The van der Waals surface area contributed by atoms with Crippen molar-refractivity contribution in [3.05, 3.63) is 0 Å². The molecule has 2 unspecified atom stereocenters. The van der Waals surface area contributed by atoms with E-state index >= 15 is 0 Å². The van der Waals surface area contributed by atoms with Crippen molar-refractivity contribution in [2.24, 2.45) is 0 Å². The second-order valence-electron chi connectivity index (χ2n) is 4.77. The van der Waals surface area contributed by atoms with Gasteiger partial charge in [-0.25, -0.2) is 0 Å². The number of nitrogens with zero attached hydrogens (tertiary/aromatic N) is 1. The molecular weight excluding hydrogens is 200 g/mol. The van der Waals surface area contributed by atoms with Crippen molar-refractivity contribution >= 4 is 0 Å². The summed E-state index contributed by atoms with van der Waals surface area (Å²) in [6.45, 7) is 12.0. The third-order valence-corrected chi connectivity index (χ3v) is 3.46. The highest BCUT2D eigenvalue weighted by molar-refractivity contribution is 4.74. The Hall–Kier alpha value is -0.120. The van der Waals surface area contributed by atoms with Crippen molar-refractivity contribution < 1.29 is 4.74 Å². The molecule has 0 spiro atoms. The van der Waals surface area contributed by atoms with Crippen molar-refractivity contribution in [2.75, 3.05) is 32.8 Å². The lowest BCUT2D eigenvalue weighted by Crippen LogP contribution is -2.45. The molecule has 0 bridgehead atoms. The van der Waals surface area contributed by atoms with E-state index in [1.165, 1.54) is 25.8 Å². The van der Waals surface area contributed by atoms with E-state index in [-0.39, 0.29) is 0 Å². The molecule has 96 valence electrons. The summed E-state index contributed by atoms with van der Waals surface area (Å²) in [5, 5.41) is 3.47. The number of hydrogen-bond donors (Lipinski definition) is 1. The van der Waals surface area contributed by atoms with Crippen LogP contribution in [-0.4, -0.2) is 49.8 Å². The first kappa shape index (κ1) is 13.9. The molecule has 2 atom stereocenters. The molecule has 0 aromatic carbocycles. The van der Waals surface area contributed by atoms with Crippen molar-refractivity contribution in [1.29, 1.82) is 0 Å². The zero-order valence-corrected chi connectivity index (χ0v) is 11.2. The molecule has 1 rings (SSSR count). The fourth-order valence-corrected chi connectivity index (χ4v) is 2.41. The summed E-state index contributed by atoms with van der Waals surface area (Å²) >= 11 is 0. The molecule has 1 fully saturated rings. The van der Waals surface area contributed by atoms with Crippen LogP contribution in [0.2, 0.25) is 0 Å². The van der Waals surface area contributed by atoms with Crippen LogP contribution in [0.3, 0.4) is 0 Å². The van der Waals surface area contributed by atoms with E-state index in [1.807, 2.05) is 0 Å². The Bertz CT molecular complexity index is 175. The maximum Gasteiger partial charge on any atom is 0.0622 e. The van der Waals surface area contributed by atoms with Crippen LogP contribution in [0.4, 0.5) is 0 Å². The largest absolute Gasteiger partial charge is 0.378 e. The molecule has 1 saturated heterocycles. The number of morpholine rings is 1. The Morgan fingerprint density at radius 3 is 2.94 bits per heavy atom. The van der Waals surface area contributed by atoms with Gasteiger partial charge in [-0.1, -0.05) is 13.8 Å². The molecule has 3 heteroatoms. The second-order valence-corrected chi connectivity index (χ2v) is 4.77. The third kappa shape index (κ3) is 4.81. The molecule has 16 heavy (non-hydrogen) atoms. The first-order valence-corrected chi connectivity index (χ1v) is 6.83. The quantitative estimate of drug-likeness (QED) is 0.720. The summed E-state index contributed by atoms with van der Waals surface area (Å²) in [7, 11) is 0. The lowest BCUT2D eigenvalue weighted by molar-refractivity contribution is -0.00933. The van der Waals surface area contributed by atoms with E-state index in [4.69, 9.17) is 4.74 Å². The van der Waals surface area contributed by atoms with Crippen molar-refractivity contribution in [3.63, 3.8) is 0 Å². The number of ether oxygens (including phenoxy) is 1. The van der Waals surface area contributed by atoms with Gasteiger partial charge in [-0.05, 0) is 39.3 Å². The first-order chi connectivity index (χ1) is 7.77. The van der Waals surface area contributed by atoms with Gasteiger partial charge in [0.1, 0.15) is 0 Å². The van der Waals surface area contributed by atoms with Gasteiger partial charge >= 0.3 is 0 Å². The minimum atomic E-state index is 0.656. The Kier molecular flexibility index (Phi) is 7.01. The van der Waals surface area contributed by atoms with Crippen molar-refractivity contribution in [2.45, 2.75) is 52.1 Å². The summed E-state index contributed by atoms with van der Waals surface area (Å²) in [4.78, 5) is 2.60. The summed E-state index contributed by atoms with van der Waals surface area (Å²) in [5.74, 6) is 0. The number of hydrogen-bond acceptors (Lipinski definition) is 3. The van der Waals surface area contributed by atoms with Gasteiger partial charge in [0.15, 0.2) is 0 Å². The van der Waals surface area contributed by atoms with E-state index in [9.17, 15) is 0 Å². The molecule has 3 nitrogen and oxygen atoms in total. The Morgan fingerprint density at radius 2 is 2.25 bits per heavy atom. The zero-order valence-electron chi connectivity index (χ0n) is 11.2. The summed E-state index contributed by atoms with van der Waals surface area (Å²) in [6.07, 6.45) is 3.79. The maximum absolute atomic E-state index is 5.52. The molecule has 0 aliphatic carbocycles. The first-order valence-electron chi connectivity index (χ1n) is 6.83. The molecule has 0 aromatic rings. The number of nitrogens with one attached hydrogen (secondary N) is 1. The molecule has 0 amide bonds. The van der Waals surface area contributed by atoms with Gasteiger partial charge in [-0.3, -0.25) is 4.90 Å². The highest BCUT2D eigenvalue weighted by Crippen LogP contribution is 2.11. The second kappa shape index (κ2) is 8.04. The van der Waals surface area contributed by atoms with Gasteiger partial charge < -0.3 is 10.1 Å². The fourth-order valence-electron chi connectivity index (χ4n) is 2.41. The SMILES string of the molecule is CCNC(C)CCCN1CCOCC1CC. The van der Waals surface area contributed by atoms with Gasteiger partial charge in [0.05, 0.1) is 13.2 Å². The Morgan fingerprint density at radius 1 is 1.44 bits per heavy atom. The van der Waals surface area contributed by atoms with Crippen LogP contribution in [0.15, 0.2) is 0 Å². The van der Waals surface area contributed by atoms with Gasteiger partial charge in [0.2, 0.25) is 0 Å². The van der Waals surface area contributed by atoms with Crippen LogP contribution in [0.5, 0.6) is 0 Å². The van der Waals surface area contributed by atoms with E-state index in [0.29, 0.717) is 12.1 Å². The average Bonchev–Trinajstić information content (AvgIpc) is 2.30. The molecule has 1 heterocycles. The van der Waals surface area contributed by atoms with E-state index in [1.54, 1.807) is 0 Å². The summed E-state index contributed by atoms with van der Waals surface area (Å²) < 4.78 is 5.52. The van der Waals surface area contributed by atoms with E-state index in [2.05, 4.69) is 31.0 Å². The highest BCUT2D eigenvalue weighted by atomic mass is 16.5. The van der Waals surface area contributed by atoms with Gasteiger partial charge in [0, 0.05) is 18.6 Å².